The number of imide groups is 2. The highest BCUT2D eigenvalue weighted by atomic mass is 16.2. The van der Waals surface area contributed by atoms with E-state index in [1.165, 1.54) is 11.1 Å². The Morgan fingerprint density at radius 2 is 1.86 bits per heavy atom. The van der Waals surface area contributed by atoms with Crippen molar-refractivity contribution in [1.29, 1.82) is 0 Å². The lowest BCUT2D eigenvalue weighted by Crippen LogP contribution is -3.20. The number of fused-ring (bicyclic) bond motifs is 1. The van der Waals surface area contributed by atoms with Crippen molar-refractivity contribution in [1.82, 2.24) is 5.32 Å². The molecule has 0 aliphatic carbocycles. The number of nitrogens with one attached hydrogen (secondary N) is 2. The van der Waals surface area contributed by atoms with Gasteiger partial charge in [-0.3, -0.25) is 19.9 Å². The van der Waals surface area contributed by atoms with Gasteiger partial charge in [0, 0.05) is 11.6 Å². The predicted molar refractivity (Wildman–Crippen MR) is 109 cm³/mol. The average molecular weight is 395 g/mol. The molecule has 2 fully saturated rings. The summed E-state index contributed by atoms with van der Waals surface area (Å²) in [6, 6.07) is 12.2. The Morgan fingerprint density at radius 1 is 1.10 bits per heavy atom. The predicted octanol–water partition coefficient (Wildman–Crippen LogP) is -1.43. The molecule has 29 heavy (non-hydrogen) atoms. The van der Waals surface area contributed by atoms with Gasteiger partial charge in [0.05, 0.1) is 18.8 Å². The number of benzene rings is 2. The Balaban J connectivity index is 1.52. The fourth-order valence-corrected chi connectivity index (χ4v) is 3.89. The summed E-state index contributed by atoms with van der Waals surface area (Å²) in [7, 11) is 0. The second-order valence-corrected chi connectivity index (χ2v) is 7.37. The minimum absolute atomic E-state index is 0.463. The van der Waals surface area contributed by atoms with Crippen LogP contribution >= 0.6 is 0 Å². The van der Waals surface area contributed by atoms with Crippen molar-refractivity contribution in [3.05, 3.63) is 42.5 Å². The maximum atomic E-state index is 13.0. The number of nitrogens with two attached hydrogens (primary N) is 1. The zero-order valence-corrected chi connectivity index (χ0v) is 16.1. The molecule has 0 bridgehead atoms. The number of amides is 4. The number of rotatable bonds is 5. The lowest BCUT2D eigenvalue weighted by atomic mass is 10.0. The van der Waals surface area contributed by atoms with E-state index in [4.69, 9.17) is 0 Å². The summed E-state index contributed by atoms with van der Waals surface area (Å²) in [6.45, 7) is 5.85. The van der Waals surface area contributed by atoms with Gasteiger partial charge in [-0.25, -0.2) is 9.69 Å². The minimum atomic E-state index is -1.10. The van der Waals surface area contributed by atoms with Gasteiger partial charge in [0.2, 0.25) is 5.91 Å². The van der Waals surface area contributed by atoms with E-state index in [-0.39, 0.29) is 0 Å². The van der Waals surface area contributed by atoms with E-state index in [0.717, 1.165) is 48.4 Å². The fourth-order valence-electron chi connectivity index (χ4n) is 3.89. The zero-order valence-electron chi connectivity index (χ0n) is 16.1. The molecule has 0 aromatic heterocycles. The topological polar surface area (TPSA) is 99.9 Å². The van der Waals surface area contributed by atoms with Gasteiger partial charge in [0.25, 0.3) is 5.91 Å². The molecule has 0 radical (unpaired) electrons. The van der Waals surface area contributed by atoms with Gasteiger partial charge in [0.1, 0.15) is 26.2 Å². The summed E-state index contributed by atoms with van der Waals surface area (Å²) in [5.74, 6) is -2.30. The fraction of sp³-hybridized carbons (Fsp3) is 0.333. The Kier molecular flexibility index (Phi) is 5.64. The highest BCUT2D eigenvalue weighted by Crippen LogP contribution is 2.29. The summed E-state index contributed by atoms with van der Waals surface area (Å²) >= 11 is 0. The first-order valence-corrected chi connectivity index (χ1v) is 9.97. The first kappa shape index (κ1) is 19.2. The van der Waals surface area contributed by atoms with E-state index in [9.17, 15) is 14.4 Å². The summed E-state index contributed by atoms with van der Waals surface area (Å²) in [5, 5.41) is 6.28. The highest BCUT2D eigenvalue weighted by molar-refractivity contribution is 6.33. The van der Waals surface area contributed by atoms with Gasteiger partial charge < -0.3 is 10.2 Å². The molecule has 2 aromatic rings. The van der Waals surface area contributed by atoms with Crippen molar-refractivity contribution in [2.75, 3.05) is 44.2 Å². The zero-order chi connectivity index (χ0) is 20.2. The molecular weight excluding hydrogens is 370 g/mol. The summed E-state index contributed by atoms with van der Waals surface area (Å²) in [4.78, 5) is 44.6. The van der Waals surface area contributed by atoms with Crippen LogP contribution in [0.4, 0.5) is 10.5 Å². The molecule has 2 heterocycles. The van der Waals surface area contributed by atoms with E-state index in [2.05, 4.69) is 15.6 Å². The normalized spacial score (nSPS) is 21.2. The lowest BCUT2D eigenvalue weighted by Gasteiger charge is -2.29. The van der Waals surface area contributed by atoms with Crippen molar-refractivity contribution in [2.24, 2.45) is 10.9 Å². The van der Waals surface area contributed by atoms with Gasteiger partial charge in [-0.2, -0.15) is 0 Å². The molecule has 4 amide bonds. The second-order valence-electron chi connectivity index (χ2n) is 7.37. The number of nitrogens with zero attached hydrogens (tertiary/aromatic N) is 2. The number of hydrogen-bond acceptors (Lipinski definition) is 4. The number of urea groups is 1. The number of piperazine rings is 1. The van der Waals surface area contributed by atoms with Gasteiger partial charge in [-0.1, -0.05) is 36.4 Å². The Labute approximate surface area is 168 Å². The summed E-state index contributed by atoms with van der Waals surface area (Å²) in [6.07, 6.45) is 1.39. The van der Waals surface area contributed by atoms with Crippen LogP contribution in [0, 0.1) is 5.92 Å². The summed E-state index contributed by atoms with van der Waals surface area (Å²) in [5.41, 5.74) is 0.463. The molecule has 1 atom stereocenters. The number of aliphatic imine (C=N–C) groups is 1. The van der Waals surface area contributed by atoms with Crippen LogP contribution in [0.3, 0.4) is 0 Å². The lowest BCUT2D eigenvalue weighted by molar-refractivity contribution is -0.945. The van der Waals surface area contributed by atoms with E-state index in [0.29, 0.717) is 12.2 Å². The van der Waals surface area contributed by atoms with Crippen molar-refractivity contribution in [2.45, 2.75) is 0 Å². The first-order valence-electron chi connectivity index (χ1n) is 9.97. The third-order valence-electron chi connectivity index (χ3n) is 5.46. The molecular formula is C21H25N5O3+2. The Hall–Kier alpha value is -3.10. The van der Waals surface area contributed by atoms with Crippen LogP contribution in [0.1, 0.15) is 0 Å². The average Bonchev–Trinajstić information content (AvgIpc) is 2.74. The van der Waals surface area contributed by atoms with E-state index < -0.39 is 23.8 Å². The SMILES string of the molecule is O=C1NC(=O)N(c2cccc3ccccc23)C(=O)[C@H]1C=NCC[NH+]1CC[NH2+]CC1. The van der Waals surface area contributed by atoms with E-state index in [1.54, 1.807) is 12.1 Å². The smallest absolute Gasteiger partial charge is 0.335 e. The molecule has 0 unspecified atom stereocenters. The first-order chi connectivity index (χ1) is 14.1. The Morgan fingerprint density at radius 3 is 2.69 bits per heavy atom. The molecule has 4 rings (SSSR count). The number of carbonyl (C=O) groups is 3. The molecule has 150 valence electrons. The quantitative estimate of drug-likeness (QED) is 0.428. The molecule has 8 heteroatoms. The number of carbonyl (C=O) groups excluding carboxylic acids is 3. The largest absolute Gasteiger partial charge is 0.337 e. The number of quaternary nitrogens is 2. The number of barbiturate groups is 1. The second kappa shape index (κ2) is 8.50. The van der Waals surface area contributed by atoms with Crippen LogP contribution in [-0.2, 0) is 9.59 Å². The van der Waals surface area contributed by atoms with Crippen LogP contribution in [-0.4, -0.2) is 63.3 Å². The van der Waals surface area contributed by atoms with Crippen LogP contribution < -0.4 is 20.4 Å². The van der Waals surface area contributed by atoms with Gasteiger partial charge >= 0.3 is 6.03 Å². The Bertz CT molecular complexity index is 962. The molecule has 4 N–H and O–H groups in total. The molecule has 0 saturated carbocycles. The van der Waals surface area contributed by atoms with Crippen LogP contribution in [0.25, 0.3) is 10.8 Å². The number of anilines is 1. The number of hydrogen-bond donors (Lipinski definition) is 3. The van der Waals surface area contributed by atoms with Gasteiger partial charge in [0.15, 0.2) is 5.92 Å². The molecule has 2 saturated heterocycles. The highest BCUT2D eigenvalue weighted by Gasteiger charge is 2.40. The van der Waals surface area contributed by atoms with Crippen molar-refractivity contribution in [3.63, 3.8) is 0 Å². The van der Waals surface area contributed by atoms with Crippen molar-refractivity contribution >= 4 is 40.5 Å². The molecule has 2 aliphatic heterocycles. The third-order valence-corrected chi connectivity index (χ3v) is 5.46. The van der Waals surface area contributed by atoms with Crippen molar-refractivity contribution in [3.8, 4) is 0 Å². The van der Waals surface area contributed by atoms with Gasteiger partial charge in [-0.05, 0) is 11.5 Å². The van der Waals surface area contributed by atoms with Crippen LogP contribution in [0.15, 0.2) is 47.5 Å². The van der Waals surface area contributed by atoms with Gasteiger partial charge in [-0.15, -0.1) is 0 Å². The molecule has 2 aromatic carbocycles. The van der Waals surface area contributed by atoms with Crippen LogP contribution in [0.2, 0.25) is 0 Å². The van der Waals surface area contributed by atoms with Crippen molar-refractivity contribution < 1.29 is 24.6 Å². The maximum absolute atomic E-state index is 13.0. The van der Waals surface area contributed by atoms with E-state index >= 15 is 0 Å². The minimum Gasteiger partial charge on any atom is -0.337 e. The maximum Gasteiger partial charge on any atom is 0.335 e. The third kappa shape index (κ3) is 4.03. The van der Waals surface area contributed by atoms with Crippen LogP contribution in [0.5, 0.6) is 0 Å². The molecule has 8 nitrogen and oxygen atoms in total. The standard InChI is InChI=1S/C21H23N5O3/c27-19-17(14-23-10-13-25-11-8-22-9-12-25)20(28)26(21(29)24-19)18-7-3-5-15-4-1-2-6-16(15)18/h1-7,14,17,22H,8-13H2,(H,24,27,29)/p+2/t17-/m0/s1. The molecule has 2 aliphatic rings. The molecule has 0 spiro atoms. The summed E-state index contributed by atoms with van der Waals surface area (Å²) < 4.78 is 0. The monoisotopic (exact) mass is 395 g/mol. The van der Waals surface area contributed by atoms with E-state index in [1.807, 2.05) is 30.3 Å².